The Labute approximate surface area is 120 Å². The van der Waals surface area contributed by atoms with Crippen molar-refractivity contribution in [3.63, 3.8) is 0 Å². The highest BCUT2D eigenvalue weighted by atomic mass is 79.9. The molecule has 1 saturated heterocycles. The Balaban J connectivity index is 2.23. The van der Waals surface area contributed by atoms with Crippen molar-refractivity contribution in [2.75, 3.05) is 18.8 Å². The Morgan fingerprint density at radius 2 is 2.22 bits per heavy atom. The van der Waals surface area contributed by atoms with E-state index >= 15 is 0 Å². The summed E-state index contributed by atoms with van der Waals surface area (Å²) in [6, 6.07) is 4.94. The number of nitrogens with zero attached hydrogens (tertiary/aromatic N) is 1. The molecule has 1 amide bonds. The standard InChI is InChI=1S/C13H16BrNO2S/c1-13(2)8-15(5-6-18-13)12(17)10-7-9(14)3-4-11(10)16/h3-4,7,16H,5-6,8H2,1-2H3. The number of rotatable bonds is 1. The lowest BCUT2D eigenvalue weighted by Crippen LogP contribution is -2.46. The fourth-order valence-electron chi connectivity index (χ4n) is 2.04. The number of hydrogen-bond acceptors (Lipinski definition) is 3. The molecule has 18 heavy (non-hydrogen) atoms. The molecule has 0 aromatic heterocycles. The first-order valence-electron chi connectivity index (χ1n) is 5.81. The van der Waals surface area contributed by atoms with Gasteiger partial charge in [-0.2, -0.15) is 11.8 Å². The van der Waals surface area contributed by atoms with Crippen molar-refractivity contribution in [2.24, 2.45) is 0 Å². The van der Waals surface area contributed by atoms with Crippen LogP contribution >= 0.6 is 27.7 Å². The van der Waals surface area contributed by atoms with Crippen LogP contribution in [0.1, 0.15) is 24.2 Å². The number of hydrogen-bond donors (Lipinski definition) is 1. The van der Waals surface area contributed by atoms with Crippen molar-refractivity contribution >= 4 is 33.6 Å². The summed E-state index contributed by atoms with van der Waals surface area (Å²) < 4.78 is 0.879. The van der Waals surface area contributed by atoms with E-state index in [0.29, 0.717) is 12.1 Å². The molecule has 1 N–H and O–H groups in total. The first-order valence-corrected chi connectivity index (χ1v) is 7.59. The number of thioether (sulfide) groups is 1. The third kappa shape index (κ3) is 3.01. The van der Waals surface area contributed by atoms with E-state index in [2.05, 4.69) is 29.8 Å². The summed E-state index contributed by atoms with van der Waals surface area (Å²) >= 11 is 5.20. The van der Waals surface area contributed by atoms with Crippen LogP contribution in [0.25, 0.3) is 0 Å². The Morgan fingerprint density at radius 1 is 1.50 bits per heavy atom. The summed E-state index contributed by atoms with van der Waals surface area (Å²) in [6.07, 6.45) is 0. The number of phenolic OH excluding ortho intramolecular Hbond substituents is 1. The molecule has 0 bridgehead atoms. The fraction of sp³-hybridized carbons (Fsp3) is 0.462. The van der Waals surface area contributed by atoms with Crippen molar-refractivity contribution in [3.05, 3.63) is 28.2 Å². The Bertz CT molecular complexity index is 476. The zero-order chi connectivity index (χ0) is 13.3. The molecule has 0 aliphatic carbocycles. The molecule has 3 nitrogen and oxygen atoms in total. The molecule has 0 spiro atoms. The van der Waals surface area contributed by atoms with Gasteiger partial charge in [0.25, 0.3) is 5.91 Å². The van der Waals surface area contributed by atoms with E-state index in [-0.39, 0.29) is 16.4 Å². The van der Waals surface area contributed by atoms with E-state index in [1.54, 1.807) is 18.2 Å². The average molecular weight is 330 g/mol. The van der Waals surface area contributed by atoms with Gasteiger partial charge in [-0.3, -0.25) is 4.79 Å². The Hall–Kier alpha value is -0.680. The van der Waals surface area contributed by atoms with Gasteiger partial charge in [-0.1, -0.05) is 15.9 Å². The molecule has 1 aromatic rings. The SMILES string of the molecule is CC1(C)CN(C(=O)c2cc(Br)ccc2O)CCS1. The molecule has 0 atom stereocenters. The molecule has 0 unspecified atom stereocenters. The van der Waals surface area contributed by atoms with Crippen LogP contribution in [0, 0.1) is 0 Å². The number of amides is 1. The first-order chi connectivity index (χ1) is 8.39. The smallest absolute Gasteiger partial charge is 0.257 e. The third-order valence-corrected chi connectivity index (χ3v) is 4.69. The van der Waals surface area contributed by atoms with Gasteiger partial charge < -0.3 is 10.0 Å². The second-order valence-electron chi connectivity index (χ2n) is 5.00. The van der Waals surface area contributed by atoms with Gasteiger partial charge in [-0.15, -0.1) is 0 Å². The van der Waals surface area contributed by atoms with Crippen molar-refractivity contribution in [1.82, 2.24) is 4.90 Å². The van der Waals surface area contributed by atoms with E-state index in [1.165, 1.54) is 0 Å². The molecule has 1 aromatic carbocycles. The molecule has 1 heterocycles. The first kappa shape index (κ1) is 13.7. The fourth-order valence-corrected chi connectivity index (χ4v) is 3.51. The maximum atomic E-state index is 12.4. The van der Waals surface area contributed by atoms with Crippen LogP contribution in [-0.2, 0) is 0 Å². The van der Waals surface area contributed by atoms with Gasteiger partial charge in [0.2, 0.25) is 0 Å². The van der Waals surface area contributed by atoms with Gasteiger partial charge in [0, 0.05) is 28.1 Å². The quantitative estimate of drug-likeness (QED) is 0.860. The van der Waals surface area contributed by atoms with Gasteiger partial charge in [-0.25, -0.2) is 0 Å². The van der Waals surface area contributed by atoms with Crippen molar-refractivity contribution in [2.45, 2.75) is 18.6 Å². The normalized spacial score (nSPS) is 18.7. The topological polar surface area (TPSA) is 40.5 Å². The zero-order valence-corrected chi connectivity index (χ0v) is 12.8. The van der Waals surface area contributed by atoms with Crippen LogP contribution in [0.15, 0.2) is 22.7 Å². The highest BCUT2D eigenvalue weighted by Gasteiger charge is 2.31. The summed E-state index contributed by atoms with van der Waals surface area (Å²) in [6.45, 7) is 5.72. The minimum Gasteiger partial charge on any atom is -0.507 e. The molecule has 1 aliphatic rings. The minimum absolute atomic E-state index is 0.0410. The molecule has 0 saturated carbocycles. The van der Waals surface area contributed by atoms with Crippen LogP contribution in [-0.4, -0.2) is 39.5 Å². The van der Waals surface area contributed by atoms with Gasteiger partial charge in [-0.05, 0) is 32.0 Å². The summed E-state index contributed by atoms with van der Waals surface area (Å²) in [5, 5.41) is 9.79. The second kappa shape index (κ2) is 5.13. The highest BCUT2D eigenvalue weighted by Crippen LogP contribution is 2.31. The van der Waals surface area contributed by atoms with Gasteiger partial charge in [0.1, 0.15) is 5.75 Å². The van der Waals surface area contributed by atoms with E-state index < -0.39 is 0 Å². The van der Waals surface area contributed by atoms with Crippen LogP contribution < -0.4 is 0 Å². The Morgan fingerprint density at radius 3 is 2.89 bits per heavy atom. The van der Waals surface area contributed by atoms with E-state index in [9.17, 15) is 9.90 Å². The molecular formula is C13H16BrNO2S. The van der Waals surface area contributed by atoms with E-state index in [4.69, 9.17) is 0 Å². The number of aromatic hydroxyl groups is 1. The third-order valence-electron chi connectivity index (χ3n) is 2.90. The summed E-state index contributed by atoms with van der Waals surface area (Å²) in [5.74, 6) is 0.884. The van der Waals surface area contributed by atoms with Gasteiger partial charge in [0.05, 0.1) is 5.56 Å². The molecular weight excluding hydrogens is 314 g/mol. The number of halogens is 1. The maximum absolute atomic E-state index is 12.4. The van der Waals surface area contributed by atoms with Crippen LogP contribution in [0.2, 0.25) is 0 Å². The molecule has 1 aliphatic heterocycles. The van der Waals surface area contributed by atoms with E-state index in [1.807, 2.05) is 16.7 Å². The Kier molecular flexibility index (Phi) is 3.92. The number of phenols is 1. The molecule has 98 valence electrons. The van der Waals surface area contributed by atoms with Crippen molar-refractivity contribution < 1.29 is 9.90 Å². The predicted molar refractivity (Wildman–Crippen MR) is 78.2 cm³/mol. The summed E-state index contributed by atoms with van der Waals surface area (Å²) in [5.41, 5.74) is 0.368. The minimum atomic E-state index is -0.0952. The average Bonchev–Trinajstić information content (AvgIpc) is 2.30. The van der Waals surface area contributed by atoms with Crippen LogP contribution in [0.4, 0.5) is 0 Å². The van der Waals surface area contributed by atoms with Gasteiger partial charge in [0.15, 0.2) is 0 Å². The molecule has 1 fully saturated rings. The molecule has 2 rings (SSSR count). The second-order valence-corrected chi connectivity index (χ2v) is 7.71. The molecule has 5 heteroatoms. The van der Waals surface area contributed by atoms with Crippen LogP contribution in [0.5, 0.6) is 5.75 Å². The van der Waals surface area contributed by atoms with Crippen molar-refractivity contribution in [1.29, 1.82) is 0 Å². The number of carbonyl (C=O) groups excluding carboxylic acids is 1. The predicted octanol–water partition coefficient (Wildman–Crippen LogP) is 3.12. The summed E-state index contributed by atoms with van der Waals surface area (Å²) in [7, 11) is 0. The largest absolute Gasteiger partial charge is 0.507 e. The number of benzene rings is 1. The van der Waals surface area contributed by atoms with Gasteiger partial charge >= 0.3 is 0 Å². The van der Waals surface area contributed by atoms with E-state index in [0.717, 1.165) is 16.8 Å². The van der Waals surface area contributed by atoms with Crippen molar-refractivity contribution in [3.8, 4) is 5.75 Å². The lowest BCUT2D eigenvalue weighted by Gasteiger charge is -2.37. The zero-order valence-electron chi connectivity index (χ0n) is 10.4. The highest BCUT2D eigenvalue weighted by molar-refractivity contribution is 9.10. The lowest BCUT2D eigenvalue weighted by atomic mass is 10.1. The monoisotopic (exact) mass is 329 g/mol. The lowest BCUT2D eigenvalue weighted by molar-refractivity contribution is 0.0745. The number of carbonyl (C=O) groups is 1. The maximum Gasteiger partial charge on any atom is 0.257 e. The molecule has 0 radical (unpaired) electrons. The summed E-state index contributed by atoms with van der Waals surface area (Å²) in [4.78, 5) is 14.2. The van der Waals surface area contributed by atoms with Crippen LogP contribution in [0.3, 0.4) is 0 Å².